The lowest BCUT2D eigenvalue weighted by Gasteiger charge is -2.19. The Hall–Kier alpha value is -2.42. The van der Waals surface area contributed by atoms with Crippen LogP contribution in [0.5, 0.6) is 0 Å². The number of carbonyl (C=O) groups is 1. The topological polar surface area (TPSA) is 56.0 Å². The maximum absolute atomic E-state index is 14.2. The Bertz CT molecular complexity index is 823. The molecule has 9 heteroatoms. The van der Waals surface area contributed by atoms with Crippen LogP contribution in [-0.2, 0) is 0 Å². The number of hydrogen-bond acceptors (Lipinski definition) is 3. The Morgan fingerprint density at radius 1 is 1.15 bits per heavy atom. The minimum atomic E-state index is -1.86. The van der Waals surface area contributed by atoms with Gasteiger partial charge in [0, 0.05) is 11.8 Å². The molecule has 1 heterocycles. The molecule has 2 aromatic rings. The summed E-state index contributed by atoms with van der Waals surface area (Å²) < 4.78 is 66.2. The zero-order valence-corrected chi connectivity index (χ0v) is 14.0. The molecule has 1 aromatic carbocycles. The van der Waals surface area contributed by atoms with E-state index in [1.54, 1.807) is 0 Å². The molecule has 0 aliphatic carbocycles. The minimum Gasteiger partial charge on any atom is -0.364 e. The summed E-state index contributed by atoms with van der Waals surface area (Å²) in [6, 6.07) is 4.08. The zero-order chi connectivity index (χ0) is 19.3. The normalized spacial score (nSPS) is 11.9. The number of carbonyl (C=O) groups excluding carboxylic acids is 1. The molecule has 0 aliphatic rings. The van der Waals surface area contributed by atoms with Gasteiger partial charge in [-0.3, -0.25) is 9.78 Å². The number of hydrogen-bond donors (Lipinski definition) is 1. The number of halogens is 5. The number of aromatic nitrogens is 1. The summed E-state index contributed by atoms with van der Waals surface area (Å²) in [4.78, 5) is 14.9. The zero-order valence-electron chi connectivity index (χ0n) is 13.2. The van der Waals surface area contributed by atoms with Crippen LogP contribution in [0.4, 0.5) is 22.0 Å². The molecular formula is C17H13F5N2OS. The number of allylic oxidation sites excluding steroid dienone is 1. The molecule has 0 radical (unpaired) electrons. The average molecular weight is 388 g/mol. The molecule has 1 unspecified atom stereocenters. The Labute approximate surface area is 150 Å². The fourth-order valence-corrected chi connectivity index (χ4v) is 3.39. The van der Waals surface area contributed by atoms with Gasteiger partial charge in [0.2, 0.25) is 0 Å². The number of primary amides is 1. The first-order valence-electron chi connectivity index (χ1n) is 7.33. The van der Waals surface area contributed by atoms with Gasteiger partial charge in [-0.25, -0.2) is 13.2 Å². The van der Waals surface area contributed by atoms with E-state index in [0.717, 1.165) is 17.8 Å². The van der Waals surface area contributed by atoms with Crippen molar-refractivity contribution in [3.63, 3.8) is 0 Å². The fourth-order valence-electron chi connectivity index (χ4n) is 2.19. The largest absolute Gasteiger partial charge is 0.364 e. The van der Waals surface area contributed by atoms with Crippen LogP contribution in [0.1, 0.15) is 33.3 Å². The highest BCUT2D eigenvalue weighted by molar-refractivity contribution is 7.99. The second kappa shape index (κ2) is 8.79. The molecule has 0 aliphatic heterocycles. The lowest BCUT2D eigenvalue weighted by atomic mass is 10.0. The highest BCUT2D eigenvalue weighted by Crippen LogP contribution is 2.39. The number of pyridine rings is 1. The van der Waals surface area contributed by atoms with Crippen molar-refractivity contribution < 1.29 is 26.7 Å². The molecule has 0 bridgehead atoms. The number of rotatable bonds is 7. The lowest BCUT2D eigenvalue weighted by molar-refractivity contribution is 0.0995. The standard InChI is InChI=1S/C17H13F5N2OS/c18-10-4-5-11(19)15(22)14(10)16(26-7-1-2-13(20)21)9-3-6-12(17(23)25)24-8-9/h2-6,8,16H,1,7H2,(H2,23,25). The number of nitrogens with two attached hydrogens (primary N) is 1. The second-order valence-corrected chi connectivity index (χ2v) is 6.34. The maximum atomic E-state index is 14.2. The second-order valence-electron chi connectivity index (χ2n) is 5.13. The van der Waals surface area contributed by atoms with Crippen LogP contribution in [0.25, 0.3) is 0 Å². The van der Waals surface area contributed by atoms with Crippen molar-refractivity contribution in [1.29, 1.82) is 0 Å². The molecule has 0 fully saturated rings. The van der Waals surface area contributed by atoms with Gasteiger partial charge in [-0.1, -0.05) is 6.07 Å². The van der Waals surface area contributed by atoms with Crippen LogP contribution in [0, 0.1) is 17.5 Å². The van der Waals surface area contributed by atoms with Crippen LogP contribution in [0.15, 0.2) is 42.6 Å². The van der Waals surface area contributed by atoms with E-state index in [0.29, 0.717) is 12.1 Å². The van der Waals surface area contributed by atoms with Crippen LogP contribution in [0.3, 0.4) is 0 Å². The summed E-state index contributed by atoms with van der Waals surface area (Å²) >= 11 is 0.940. The lowest BCUT2D eigenvalue weighted by Crippen LogP contribution is -2.13. The number of benzene rings is 1. The molecule has 0 saturated heterocycles. The first kappa shape index (κ1) is 19.9. The number of thioether (sulfide) groups is 1. The Kier molecular flexibility index (Phi) is 6.73. The third-order valence-electron chi connectivity index (χ3n) is 3.38. The third-order valence-corrected chi connectivity index (χ3v) is 4.70. The van der Waals surface area contributed by atoms with E-state index in [2.05, 4.69) is 4.98 Å². The van der Waals surface area contributed by atoms with Crippen LogP contribution >= 0.6 is 11.8 Å². The van der Waals surface area contributed by atoms with Gasteiger partial charge in [-0.05, 0) is 42.0 Å². The van der Waals surface area contributed by atoms with Gasteiger partial charge >= 0.3 is 0 Å². The SMILES string of the molecule is NC(=O)c1ccc(C(SCCC=C(F)F)c2c(F)ccc(F)c2F)cn1. The van der Waals surface area contributed by atoms with Crippen LogP contribution in [0.2, 0.25) is 0 Å². The quantitative estimate of drug-likeness (QED) is 0.429. The van der Waals surface area contributed by atoms with E-state index in [1.165, 1.54) is 18.3 Å². The molecule has 3 nitrogen and oxygen atoms in total. The molecular weight excluding hydrogens is 375 g/mol. The molecule has 26 heavy (non-hydrogen) atoms. The van der Waals surface area contributed by atoms with E-state index >= 15 is 0 Å². The van der Waals surface area contributed by atoms with Gasteiger partial charge < -0.3 is 5.73 Å². The number of nitrogens with zero attached hydrogens (tertiary/aromatic N) is 1. The molecule has 0 saturated carbocycles. The molecule has 2 rings (SSSR count). The Morgan fingerprint density at radius 2 is 1.85 bits per heavy atom. The first-order valence-corrected chi connectivity index (χ1v) is 8.38. The van der Waals surface area contributed by atoms with Gasteiger partial charge in [0.25, 0.3) is 12.0 Å². The summed E-state index contributed by atoms with van der Waals surface area (Å²) in [5.41, 5.74) is 4.76. The maximum Gasteiger partial charge on any atom is 0.267 e. The van der Waals surface area contributed by atoms with Crippen molar-refractivity contribution in [2.75, 3.05) is 5.75 Å². The summed E-state index contributed by atoms with van der Waals surface area (Å²) in [6.07, 6.45) is -0.0450. The van der Waals surface area contributed by atoms with Crippen molar-refractivity contribution >= 4 is 17.7 Å². The van der Waals surface area contributed by atoms with Crippen molar-refractivity contribution in [2.45, 2.75) is 11.7 Å². The van der Waals surface area contributed by atoms with Crippen molar-refractivity contribution in [3.8, 4) is 0 Å². The predicted octanol–water partition coefficient (Wildman–Crippen LogP) is 4.59. The minimum absolute atomic E-state index is 0.0468. The van der Waals surface area contributed by atoms with Crippen LogP contribution < -0.4 is 5.73 Å². The van der Waals surface area contributed by atoms with Gasteiger partial charge in [0.15, 0.2) is 11.6 Å². The molecule has 1 aromatic heterocycles. The Morgan fingerprint density at radius 3 is 2.42 bits per heavy atom. The van der Waals surface area contributed by atoms with Gasteiger partial charge in [0.1, 0.15) is 11.5 Å². The molecule has 138 valence electrons. The van der Waals surface area contributed by atoms with E-state index in [4.69, 9.17) is 5.73 Å². The van der Waals surface area contributed by atoms with E-state index in [1.807, 2.05) is 0 Å². The third kappa shape index (κ3) is 4.81. The van der Waals surface area contributed by atoms with E-state index in [-0.39, 0.29) is 23.4 Å². The van der Waals surface area contributed by atoms with Gasteiger partial charge in [-0.15, -0.1) is 11.8 Å². The van der Waals surface area contributed by atoms with Gasteiger partial charge in [0.05, 0.1) is 5.25 Å². The molecule has 1 amide bonds. The summed E-state index contributed by atoms with van der Waals surface area (Å²) in [6.45, 7) is 0. The first-order chi connectivity index (χ1) is 12.3. The van der Waals surface area contributed by atoms with Gasteiger partial charge in [-0.2, -0.15) is 8.78 Å². The summed E-state index contributed by atoms with van der Waals surface area (Å²) in [5, 5.41) is -1.05. The van der Waals surface area contributed by atoms with Crippen molar-refractivity contribution in [1.82, 2.24) is 4.98 Å². The molecule has 2 N–H and O–H groups in total. The van der Waals surface area contributed by atoms with Crippen LogP contribution in [-0.4, -0.2) is 16.6 Å². The molecule has 0 spiro atoms. The summed E-state index contributed by atoms with van der Waals surface area (Å²) in [5.74, 6) is -4.27. The van der Waals surface area contributed by atoms with Crippen molar-refractivity contribution in [2.24, 2.45) is 5.73 Å². The monoisotopic (exact) mass is 388 g/mol. The highest BCUT2D eigenvalue weighted by Gasteiger charge is 2.25. The summed E-state index contributed by atoms with van der Waals surface area (Å²) in [7, 11) is 0. The van der Waals surface area contributed by atoms with Crippen molar-refractivity contribution in [3.05, 3.63) is 76.9 Å². The number of amides is 1. The predicted molar refractivity (Wildman–Crippen MR) is 88.3 cm³/mol. The smallest absolute Gasteiger partial charge is 0.267 e. The fraction of sp³-hybridized carbons (Fsp3) is 0.176. The average Bonchev–Trinajstić information content (AvgIpc) is 2.60. The highest BCUT2D eigenvalue weighted by atomic mass is 32.2. The Balaban J connectivity index is 2.40. The van der Waals surface area contributed by atoms with E-state index in [9.17, 15) is 26.7 Å². The molecule has 1 atom stereocenters. The van der Waals surface area contributed by atoms with E-state index < -0.39 is 40.3 Å².